The molecule has 118 valence electrons. The molecule has 1 aliphatic rings. The summed E-state index contributed by atoms with van der Waals surface area (Å²) in [5.74, 6) is 0.832. The molecule has 1 aliphatic heterocycles. The number of rotatable bonds is 5. The molecule has 0 unspecified atom stereocenters. The van der Waals surface area contributed by atoms with Gasteiger partial charge >= 0.3 is 0 Å². The van der Waals surface area contributed by atoms with Crippen LogP contribution >= 0.6 is 0 Å². The van der Waals surface area contributed by atoms with Crippen LogP contribution < -0.4 is 4.90 Å². The van der Waals surface area contributed by atoms with E-state index in [0.29, 0.717) is 5.56 Å². The molecule has 1 saturated heterocycles. The highest BCUT2D eigenvalue weighted by Gasteiger charge is 2.19. The molecule has 3 rings (SSSR count). The van der Waals surface area contributed by atoms with Crippen molar-refractivity contribution in [1.29, 1.82) is 5.26 Å². The number of anilines is 1. The molecule has 0 spiro atoms. The summed E-state index contributed by atoms with van der Waals surface area (Å²) in [6, 6.07) is 16.6. The Morgan fingerprint density at radius 3 is 2.52 bits per heavy atom. The van der Waals surface area contributed by atoms with Gasteiger partial charge in [0.05, 0.1) is 5.56 Å². The maximum Gasteiger partial charge on any atom is 0.146 e. The van der Waals surface area contributed by atoms with E-state index in [1.807, 2.05) is 12.1 Å². The Bertz CT molecular complexity index is 655. The molecule has 0 N–H and O–H groups in total. The first kappa shape index (κ1) is 15.5. The van der Waals surface area contributed by atoms with Crippen molar-refractivity contribution in [3.8, 4) is 6.07 Å². The molecule has 1 aromatic carbocycles. The highest BCUT2D eigenvalue weighted by molar-refractivity contribution is 5.53. The van der Waals surface area contributed by atoms with Crippen LogP contribution in [0.1, 0.15) is 17.5 Å². The molecule has 1 fully saturated rings. The first-order chi connectivity index (χ1) is 11.4. The summed E-state index contributed by atoms with van der Waals surface area (Å²) < 4.78 is 0. The third-order valence-corrected chi connectivity index (χ3v) is 4.36. The number of piperazine rings is 1. The predicted octanol–water partition coefficient (Wildman–Crippen LogP) is 2.71. The van der Waals surface area contributed by atoms with Gasteiger partial charge in [-0.3, -0.25) is 4.90 Å². The summed E-state index contributed by atoms with van der Waals surface area (Å²) >= 11 is 0. The van der Waals surface area contributed by atoms with Crippen molar-refractivity contribution in [3.05, 3.63) is 59.8 Å². The first-order valence-corrected chi connectivity index (χ1v) is 8.23. The average Bonchev–Trinajstić information content (AvgIpc) is 2.63. The van der Waals surface area contributed by atoms with Gasteiger partial charge in [0.25, 0.3) is 0 Å². The van der Waals surface area contributed by atoms with Gasteiger partial charge in [-0.25, -0.2) is 4.98 Å². The van der Waals surface area contributed by atoms with Gasteiger partial charge in [-0.1, -0.05) is 30.3 Å². The van der Waals surface area contributed by atoms with E-state index < -0.39 is 0 Å². The van der Waals surface area contributed by atoms with Crippen molar-refractivity contribution < 1.29 is 0 Å². The zero-order valence-corrected chi connectivity index (χ0v) is 13.4. The third-order valence-electron chi connectivity index (χ3n) is 4.36. The van der Waals surface area contributed by atoms with Crippen LogP contribution in [0.4, 0.5) is 5.82 Å². The maximum atomic E-state index is 9.20. The van der Waals surface area contributed by atoms with E-state index in [0.717, 1.165) is 45.0 Å². The number of nitrogens with zero attached hydrogens (tertiary/aromatic N) is 4. The minimum Gasteiger partial charge on any atom is -0.353 e. The van der Waals surface area contributed by atoms with Crippen molar-refractivity contribution in [3.63, 3.8) is 0 Å². The van der Waals surface area contributed by atoms with Crippen molar-refractivity contribution >= 4 is 5.82 Å². The zero-order chi connectivity index (χ0) is 15.9. The van der Waals surface area contributed by atoms with Crippen LogP contribution in [0.25, 0.3) is 0 Å². The van der Waals surface area contributed by atoms with Gasteiger partial charge in [0.1, 0.15) is 11.9 Å². The molecule has 0 bridgehead atoms. The van der Waals surface area contributed by atoms with E-state index in [1.165, 1.54) is 12.0 Å². The summed E-state index contributed by atoms with van der Waals surface area (Å²) in [7, 11) is 0. The smallest absolute Gasteiger partial charge is 0.146 e. The topological polar surface area (TPSA) is 43.2 Å². The maximum absolute atomic E-state index is 9.20. The standard InChI is InChI=1S/C19H22N4/c20-16-18-9-4-10-21-19(18)23-14-12-22(13-15-23)11-5-8-17-6-2-1-3-7-17/h1-4,6-7,9-10H,5,8,11-15H2. The summed E-state index contributed by atoms with van der Waals surface area (Å²) in [6.07, 6.45) is 4.10. The Hall–Kier alpha value is -2.38. The Labute approximate surface area is 138 Å². The normalized spacial score (nSPS) is 15.3. The van der Waals surface area contributed by atoms with E-state index in [4.69, 9.17) is 0 Å². The zero-order valence-electron chi connectivity index (χ0n) is 13.4. The van der Waals surface area contributed by atoms with Crippen LogP contribution in [0.2, 0.25) is 0 Å². The molecule has 0 saturated carbocycles. The van der Waals surface area contributed by atoms with Crippen LogP contribution in [0, 0.1) is 11.3 Å². The van der Waals surface area contributed by atoms with Gasteiger partial charge in [-0.2, -0.15) is 5.26 Å². The Morgan fingerprint density at radius 1 is 1.00 bits per heavy atom. The molecule has 23 heavy (non-hydrogen) atoms. The summed E-state index contributed by atoms with van der Waals surface area (Å²) in [5.41, 5.74) is 2.09. The minimum absolute atomic E-state index is 0.671. The predicted molar refractivity (Wildman–Crippen MR) is 92.4 cm³/mol. The molecule has 0 amide bonds. The van der Waals surface area contributed by atoms with Crippen LogP contribution in [-0.4, -0.2) is 42.6 Å². The van der Waals surface area contributed by atoms with Gasteiger partial charge < -0.3 is 4.90 Å². The van der Waals surface area contributed by atoms with Crippen molar-refractivity contribution in [2.75, 3.05) is 37.6 Å². The molecule has 0 atom stereocenters. The highest BCUT2D eigenvalue weighted by Crippen LogP contribution is 2.18. The number of hydrogen-bond acceptors (Lipinski definition) is 4. The molecular formula is C19H22N4. The van der Waals surface area contributed by atoms with Gasteiger partial charge in [0.2, 0.25) is 0 Å². The summed E-state index contributed by atoms with van der Waals surface area (Å²) in [5, 5.41) is 9.20. The lowest BCUT2D eigenvalue weighted by molar-refractivity contribution is 0.254. The summed E-state index contributed by atoms with van der Waals surface area (Å²) in [4.78, 5) is 9.12. The molecule has 1 aromatic heterocycles. The number of pyridine rings is 1. The molecule has 4 nitrogen and oxygen atoms in total. The summed E-state index contributed by atoms with van der Waals surface area (Å²) in [6.45, 7) is 5.09. The highest BCUT2D eigenvalue weighted by atomic mass is 15.3. The molecule has 2 heterocycles. The number of nitriles is 1. The molecule has 2 aromatic rings. The van der Waals surface area contributed by atoms with Crippen LogP contribution in [0.15, 0.2) is 48.7 Å². The van der Waals surface area contributed by atoms with Gasteiger partial charge in [0.15, 0.2) is 0 Å². The minimum atomic E-state index is 0.671. The third kappa shape index (κ3) is 4.08. The quantitative estimate of drug-likeness (QED) is 0.852. The van der Waals surface area contributed by atoms with Gasteiger partial charge in [0, 0.05) is 32.4 Å². The lowest BCUT2D eigenvalue weighted by atomic mass is 10.1. The van der Waals surface area contributed by atoms with E-state index >= 15 is 0 Å². The fourth-order valence-corrected chi connectivity index (χ4v) is 3.07. The largest absolute Gasteiger partial charge is 0.353 e. The van der Waals surface area contributed by atoms with Crippen LogP contribution in [-0.2, 0) is 6.42 Å². The van der Waals surface area contributed by atoms with E-state index in [9.17, 15) is 5.26 Å². The molecule has 0 aliphatic carbocycles. The van der Waals surface area contributed by atoms with E-state index in [2.05, 4.69) is 51.2 Å². The molecule has 0 radical (unpaired) electrons. The molecular weight excluding hydrogens is 284 g/mol. The van der Waals surface area contributed by atoms with Crippen molar-refractivity contribution in [2.45, 2.75) is 12.8 Å². The number of aromatic nitrogens is 1. The Kier molecular flexibility index (Phi) is 5.23. The average molecular weight is 306 g/mol. The van der Waals surface area contributed by atoms with Crippen molar-refractivity contribution in [1.82, 2.24) is 9.88 Å². The van der Waals surface area contributed by atoms with Crippen molar-refractivity contribution in [2.24, 2.45) is 0 Å². The van der Waals surface area contributed by atoms with Gasteiger partial charge in [-0.15, -0.1) is 0 Å². The lowest BCUT2D eigenvalue weighted by Gasteiger charge is -2.35. The van der Waals surface area contributed by atoms with Gasteiger partial charge in [-0.05, 0) is 37.1 Å². The second-order valence-corrected chi connectivity index (χ2v) is 5.90. The second kappa shape index (κ2) is 7.75. The Morgan fingerprint density at radius 2 is 1.78 bits per heavy atom. The fraction of sp³-hybridized carbons (Fsp3) is 0.368. The van der Waals surface area contributed by atoms with Crippen LogP contribution in [0.3, 0.4) is 0 Å². The number of aryl methyl sites for hydroxylation is 1. The first-order valence-electron chi connectivity index (χ1n) is 8.23. The second-order valence-electron chi connectivity index (χ2n) is 5.90. The number of benzene rings is 1. The van der Waals surface area contributed by atoms with Crippen LogP contribution in [0.5, 0.6) is 0 Å². The van der Waals surface area contributed by atoms with E-state index in [1.54, 1.807) is 6.20 Å². The Balaban J connectivity index is 1.46. The monoisotopic (exact) mass is 306 g/mol. The SMILES string of the molecule is N#Cc1cccnc1N1CCN(CCCc2ccccc2)CC1. The fourth-order valence-electron chi connectivity index (χ4n) is 3.07. The van der Waals surface area contributed by atoms with E-state index in [-0.39, 0.29) is 0 Å². The number of hydrogen-bond donors (Lipinski definition) is 0. The molecule has 4 heteroatoms. The lowest BCUT2D eigenvalue weighted by Crippen LogP contribution is -2.47.